The molecule has 0 aliphatic heterocycles. The van der Waals surface area contributed by atoms with Gasteiger partial charge in [0.1, 0.15) is 0 Å². The molecule has 0 aliphatic rings. The summed E-state index contributed by atoms with van der Waals surface area (Å²) < 4.78 is 242. The molecule has 41 heteroatoms. The molecule has 28 nitrogen and oxygen atoms in total. The van der Waals surface area contributed by atoms with Gasteiger partial charge in [-0.1, -0.05) is 0 Å². The monoisotopic (exact) mass is 2090 g/mol. The second-order valence-corrected chi connectivity index (χ2v) is 16.9. The van der Waals surface area contributed by atoms with Crippen molar-refractivity contribution < 1.29 is 252 Å². The van der Waals surface area contributed by atoms with Gasteiger partial charge in [0.25, 0.3) is 0 Å². The van der Waals surface area contributed by atoms with Crippen molar-refractivity contribution in [1.29, 1.82) is 0 Å². The van der Waals surface area contributed by atoms with Gasteiger partial charge in [0.15, 0.2) is 0 Å². The summed E-state index contributed by atoms with van der Waals surface area (Å²) in [7, 11) is 0. The number of rotatable bonds is 0. The van der Waals surface area contributed by atoms with E-state index in [1.165, 1.54) is 0 Å². The molecule has 0 rings (SSSR count). The Labute approximate surface area is 350 Å². The predicted molar refractivity (Wildman–Crippen MR) is 32.6 cm³/mol. The Balaban J connectivity index is -0.0000000198. The Morgan fingerprint density at radius 1 is 0.220 bits per heavy atom. The third-order valence-corrected chi connectivity index (χ3v) is 0. The zero-order valence-electron chi connectivity index (χ0n) is 16.8. The van der Waals surface area contributed by atoms with Crippen LogP contribution in [0.25, 0.3) is 0 Å². The molecule has 0 N–H and O–H groups in total. The van der Waals surface area contributed by atoms with Crippen LogP contribution >= 0.6 is 0 Å². The van der Waals surface area contributed by atoms with Crippen molar-refractivity contribution in [2.75, 3.05) is 0 Å². The summed E-state index contributed by atoms with van der Waals surface area (Å²) in [6.07, 6.45) is 0. The van der Waals surface area contributed by atoms with Crippen molar-refractivity contribution in [1.82, 2.24) is 0 Å². The van der Waals surface area contributed by atoms with Gasteiger partial charge in [-0.3, -0.25) is 0 Å². The first-order valence-electron chi connectivity index (χ1n) is 4.67. The molecule has 0 amide bonds. The van der Waals surface area contributed by atoms with E-state index < -0.39 is 117 Å². The van der Waals surface area contributed by atoms with E-state index in [9.17, 15) is 0 Å². The molecule has 0 unspecified atom stereocenters. The van der Waals surface area contributed by atoms with Crippen LogP contribution in [0.1, 0.15) is 0 Å². The first-order valence-corrected chi connectivity index (χ1v) is 27.6. The van der Waals surface area contributed by atoms with Crippen molar-refractivity contribution in [3.05, 3.63) is 0 Å². The van der Waals surface area contributed by atoms with Gasteiger partial charge >= 0.3 is 359 Å². The van der Waals surface area contributed by atoms with Gasteiger partial charge in [0.2, 0.25) is 0 Å². The summed E-state index contributed by atoms with van der Waals surface area (Å²) in [5.74, 6) is 0. The van der Waals surface area contributed by atoms with Gasteiger partial charge in [-0.15, -0.1) is 0 Å². The first kappa shape index (κ1) is 86.1. The van der Waals surface area contributed by atoms with E-state index in [4.69, 9.17) is 100 Å². The summed E-state index contributed by atoms with van der Waals surface area (Å²) in [5, 5.41) is 0. The molecule has 0 bridgehead atoms. The third-order valence-electron chi connectivity index (χ3n) is 0. The summed E-state index contributed by atoms with van der Waals surface area (Å²) in [6, 6.07) is 0. The molecular formula is Bi2Cu2Mo7O28Pb2. The minimum atomic E-state index is -6.02. The zero-order valence-corrected chi connectivity index (χ0v) is 47.4. The Bertz CT molecular complexity index is 937. The third kappa shape index (κ3) is 2400. The molecule has 0 fully saturated rings. The van der Waals surface area contributed by atoms with Crippen molar-refractivity contribution in [2.45, 2.75) is 0 Å². The zero-order chi connectivity index (χ0) is 31.5. The van der Waals surface area contributed by atoms with E-state index in [0.29, 0.717) is 0 Å². The van der Waals surface area contributed by atoms with Gasteiger partial charge < -0.3 is 0 Å². The molecule has 0 aromatic rings. The minimum absolute atomic E-state index is 0. The minimum Gasteiger partial charge on any atom is 2.00 e. The van der Waals surface area contributed by atoms with Crippen LogP contribution in [0.15, 0.2) is 0 Å². The maximum atomic E-state index is 8.63. The molecule has 0 saturated carbocycles. The van der Waals surface area contributed by atoms with Crippen LogP contribution in [-0.2, 0) is 199 Å². The topological polar surface area (TPSA) is 562 Å². The predicted octanol–water partition coefficient (Wildman–Crippen LogP) is -19.9. The molecule has 0 saturated heterocycles. The molecule has 0 aromatic heterocycles. The van der Waals surface area contributed by atoms with Gasteiger partial charge in [0.05, 0.1) is 0 Å². The van der Waals surface area contributed by atoms with Gasteiger partial charge in [0, 0.05) is 0 Å². The van der Waals surface area contributed by atoms with Gasteiger partial charge in [-0.2, -0.15) is 0 Å². The molecule has 10 radical (unpaired) electrons. The Morgan fingerprint density at radius 3 is 0.220 bits per heavy atom. The average Bonchev–Trinajstić information content (AvgIpc) is 2.06. The van der Waals surface area contributed by atoms with E-state index in [-0.39, 0.29) is 141 Å². The Hall–Kier alpha value is 6.11. The van der Waals surface area contributed by atoms with Crippen LogP contribution in [0.3, 0.4) is 0 Å². The van der Waals surface area contributed by atoms with Crippen LogP contribution in [0, 0.1) is 0 Å². The first-order chi connectivity index (χ1) is 14.0. The van der Waals surface area contributed by atoms with Crippen LogP contribution in [-0.4, -0.2) is 107 Å². The normalized spacial score (nSPS) is 9.90. The molecule has 0 spiro atoms. The van der Waals surface area contributed by atoms with Crippen molar-refractivity contribution >= 4 is 107 Å². The Kier molecular flexibility index (Phi) is 85.1. The fourth-order valence-electron chi connectivity index (χ4n) is 0. The van der Waals surface area contributed by atoms with E-state index in [0.717, 1.165) is 0 Å². The smallest absolute Gasteiger partial charge is 2.00 e. The van der Waals surface area contributed by atoms with Gasteiger partial charge in [-0.05, 0) is 0 Å². The van der Waals surface area contributed by atoms with Crippen molar-refractivity contribution in [3.8, 4) is 0 Å². The SMILES string of the molecule is [Bi+3].[Bi+3].[Cu+2].[Cu+2].[O]=[Mo](=[O])([O-])[O-].[O]=[Mo](=[O])([O-])[O-].[O]=[Mo](=[O])([O-])[O-].[O]=[Mo](=[O])([O-])[O-].[O]=[Mo](=[O])([O-])[O-].[O]=[Mo](=[O])([O-])[O-].[O]=[Mo](=[O])([O-])[O-].[Pb+2].[Pb+2]. The second-order valence-electron chi connectivity index (χ2n) is 2.86. The summed E-state index contributed by atoms with van der Waals surface area (Å²) in [6.45, 7) is 0. The molecule has 0 atom stereocenters. The summed E-state index contributed by atoms with van der Waals surface area (Å²) in [5.41, 5.74) is 0. The number of hydrogen-bond acceptors (Lipinski definition) is 28. The van der Waals surface area contributed by atoms with E-state index in [1.54, 1.807) is 0 Å². The molecule has 41 heavy (non-hydrogen) atoms. The molecular weight excluding hydrogens is 2080 g/mol. The summed E-state index contributed by atoms with van der Waals surface area (Å²) in [4.78, 5) is 0. The van der Waals surface area contributed by atoms with Crippen LogP contribution in [0.4, 0.5) is 0 Å². The number of hydrogen-bond donors (Lipinski definition) is 0. The Morgan fingerprint density at radius 2 is 0.220 bits per heavy atom. The molecule has 0 heterocycles. The summed E-state index contributed by atoms with van der Waals surface area (Å²) >= 11 is -42.1. The molecule has 250 valence electrons. The van der Waals surface area contributed by atoms with E-state index in [1.807, 2.05) is 0 Å². The van der Waals surface area contributed by atoms with E-state index in [2.05, 4.69) is 0 Å². The van der Waals surface area contributed by atoms with Crippen LogP contribution in [0.5, 0.6) is 0 Å². The van der Waals surface area contributed by atoms with Crippen LogP contribution < -0.4 is 52.6 Å². The van der Waals surface area contributed by atoms with Crippen molar-refractivity contribution in [2.24, 2.45) is 0 Å². The van der Waals surface area contributed by atoms with Gasteiger partial charge in [-0.25, -0.2) is 0 Å². The quantitative estimate of drug-likeness (QED) is 0.203. The maximum Gasteiger partial charge on any atom is 2.00 e. The average molecular weight is 2080 g/mol. The molecule has 0 aliphatic carbocycles. The second kappa shape index (κ2) is 40.5. The maximum absolute atomic E-state index is 8.63. The standard InChI is InChI=1S/2Bi.2Cu.7Mo.28O.2Pb/q2*+3;2*+2;;;;;;;;;;;;;;;;;;;;;;14*-1;2*+2. The fourth-order valence-corrected chi connectivity index (χ4v) is 0. The van der Waals surface area contributed by atoms with E-state index >= 15 is 0 Å². The fraction of sp³-hybridized carbons (Fsp3) is 0. The molecule has 0 aromatic carbocycles. The van der Waals surface area contributed by atoms with Crippen LogP contribution in [0.2, 0.25) is 0 Å². The van der Waals surface area contributed by atoms with Crippen molar-refractivity contribution in [3.63, 3.8) is 0 Å². The largest absolute Gasteiger partial charge is 2.00 e.